The Hall–Kier alpha value is -0.521. The van der Waals surface area contributed by atoms with Crippen LogP contribution < -0.4 is 0 Å². The number of rotatable bonds is 50. The third-order valence-corrected chi connectivity index (χ3v) is 16.9. The first-order chi connectivity index (χ1) is 34.4. The molecule has 0 aromatic carbocycles. The number of hydrogen-bond donors (Lipinski definition) is 0. The number of allylic oxidation sites excluding steroid dienone is 8. The zero-order valence-corrected chi connectivity index (χ0v) is 51.8. The van der Waals surface area contributed by atoms with Crippen LogP contribution in [0.15, 0.2) is 33.4 Å². The Morgan fingerprint density at radius 3 is 0.648 bits per heavy atom. The molecule has 0 saturated carbocycles. The predicted molar refractivity (Wildman–Crippen MR) is 320 cm³/mol. The van der Waals surface area contributed by atoms with E-state index in [2.05, 4.69) is 81.4 Å². The van der Waals surface area contributed by atoms with Crippen LogP contribution in [0.1, 0.15) is 390 Å². The SMILES string of the molecule is CCCCCCC1=[C-]C(CCCCCC)(CCCCCC)C(CCCCCC)=C1CCCCCC.CCCCCCC1=[C-]C(CCCCCC)(CCCCCC)C(CCCCCC)=C1CCCCCC.[Fe+2]. The van der Waals surface area contributed by atoms with Crippen LogP contribution in [0.25, 0.3) is 0 Å². The summed E-state index contributed by atoms with van der Waals surface area (Å²) < 4.78 is 0. The molecule has 0 atom stereocenters. The molecule has 2 aliphatic rings. The van der Waals surface area contributed by atoms with Gasteiger partial charge in [0.15, 0.2) is 0 Å². The fourth-order valence-electron chi connectivity index (χ4n) is 12.5. The Balaban J connectivity index is 0.00000136. The second kappa shape index (κ2) is 49.1. The third-order valence-electron chi connectivity index (χ3n) is 16.9. The van der Waals surface area contributed by atoms with E-state index in [0.717, 1.165) is 0 Å². The van der Waals surface area contributed by atoms with E-state index in [1.165, 1.54) is 321 Å². The standard InChI is InChI=1S/2C35H65.Fe/c2*1-6-11-16-21-26-32-31-35(29-24-19-14-9-4,30-25-20-15-10-5)34(28-23-18-13-8-3)33(32)27-22-17-12-7-2;/h2*6-30H2,1-5H3;/q2*-1;+2. The van der Waals surface area contributed by atoms with Crippen LogP contribution in [0.3, 0.4) is 0 Å². The average molecular weight is 1030 g/mol. The fraction of sp³-hybridized carbons (Fsp3) is 0.886. The molecular formula is C70H130Fe. The van der Waals surface area contributed by atoms with E-state index < -0.39 is 0 Å². The zero-order chi connectivity index (χ0) is 51.2. The summed E-state index contributed by atoms with van der Waals surface area (Å²) in [6.07, 6.45) is 77.7. The van der Waals surface area contributed by atoms with Gasteiger partial charge in [-0.3, -0.25) is 12.2 Å². The van der Waals surface area contributed by atoms with Crippen LogP contribution in [0.4, 0.5) is 0 Å². The Kier molecular flexibility index (Phi) is 48.7. The summed E-state index contributed by atoms with van der Waals surface area (Å²) in [4.78, 5) is 0. The van der Waals surface area contributed by atoms with Gasteiger partial charge in [0, 0.05) is 0 Å². The number of hydrogen-bond acceptors (Lipinski definition) is 0. The molecule has 0 aliphatic heterocycles. The molecule has 418 valence electrons. The molecule has 0 N–H and O–H groups in total. The van der Waals surface area contributed by atoms with Crippen molar-refractivity contribution in [3.63, 3.8) is 0 Å². The predicted octanol–water partition coefficient (Wildman–Crippen LogP) is 25.7. The Morgan fingerprint density at radius 1 is 0.225 bits per heavy atom. The van der Waals surface area contributed by atoms with Crippen LogP contribution in [0, 0.1) is 23.0 Å². The van der Waals surface area contributed by atoms with Crippen molar-refractivity contribution in [1.82, 2.24) is 0 Å². The van der Waals surface area contributed by atoms with Gasteiger partial charge in [0.1, 0.15) is 0 Å². The molecule has 0 bridgehead atoms. The van der Waals surface area contributed by atoms with E-state index in [-0.39, 0.29) is 27.9 Å². The normalized spacial score (nSPS) is 15.1. The molecule has 0 unspecified atom stereocenters. The van der Waals surface area contributed by atoms with E-state index in [1.807, 2.05) is 22.3 Å². The molecule has 0 heterocycles. The van der Waals surface area contributed by atoms with Crippen molar-refractivity contribution >= 4 is 0 Å². The summed E-state index contributed by atoms with van der Waals surface area (Å²) in [5, 5.41) is 0. The summed E-state index contributed by atoms with van der Waals surface area (Å²) in [7, 11) is 0. The molecule has 0 radical (unpaired) electrons. The van der Waals surface area contributed by atoms with Crippen molar-refractivity contribution in [2.24, 2.45) is 10.8 Å². The molecule has 2 aliphatic carbocycles. The molecule has 2 rings (SSSR count). The molecule has 0 saturated heterocycles. The maximum atomic E-state index is 4.36. The summed E-state index contributed by atoms with van der Waals surface area (Å²) in [5.74, 6) is 0. The van der Waals surface area contributed by atoms with Gasteiger partial charge in [0.2, 0.25) is 0 Å². The molecule has 0 nitrogen and oxygen atoms in total. The Bertz CT molecular complexity index is 1180. The van der Waals surface area contributed by atoms with Gasteiger partial charge in [0.25, 0.3) is 0 Å². The smallest absolute Gasteiger partial charge is 0.262 e. The molecule has 0 aromatic heterocycles. The van der Waals surface area contributed by atoms with Gasteiger partial charge in [-0.15, -0.1) is 0 Å². The van der Waals surface area contributed by atoms with Crippen molar-refractivity contribution < 1.29 is 17.1 Å². The summed E-state index contributed by atoms with van der Waals surface area (Å²) >= 11 is 0. The van der Waals surface area contributed by atoms with Crippen molar-refractivity contribution in [2.75, 3.05) is 0 Å². The second-order valence-electron chi connectivity index (χ2n) is 23.4. The van der Waals surface area contributed by atoms with Gasteiger partial charge in [-0.25, -0.2) is 11.1 Å². The largest absolute Gasteiger partial charge is 2.00 e. The minimum absolute atomic E-state index is 0. The number of unbranched alkanes of at least 4 members (excludes halogenated alkanes) is 30. The van der Waals surface area contributed by atoms with Gasteiger partial charge in [-0.05, 0) is 12.8 Å². The van der Waals surface area contributed by atoms with Crippen LogP contribution in [0.2, 0.25) is 0 Å². The quantitative estimate of drug-likeness (QED) is 0.0324. The zero-order valence-electron chi connectivity index (χ0n) is 50.7. The third kappa shape index (κ3) is 30.7. The first kappa shape index (κ1) is 70.5. The maximum absolute atomic E-state index is 4.36. The second-order valence-corrected chi connectivity index (χ2v) is 23.4. The minimum Gasteiger partial charge on any atom is -0.262 e. The van der Waals surface area contributed by atoms with Gasteiger partial charge in [0.05, 0.1) is 0 Å². The monoisotopic (exact) mass is 1030 g/mol. The summed E-state index contributed by atoms with van der Waals surface area (Å²) in [6, 6.07) is 0. The molecule has 0 spiro atoms. The van der Waals surface area contributed by atoms with Gasteiger partial charge >= 0.3 is 17.1 Å². The fourth-order valence-corrected chi connectivity index (χ4v) is 12.5. The van der Waals surface area contributed by atoms with Crippen molar-refractivity contribution in [3.8, 4) is 0 Å². The first-order valence-corrected chi connectivity index (χ1v) is 33.1. The van der Waals surface area contributed by atoms with E-state index >= 15 is 0 Å². The van der Waals surface area contributed by atoms with Crippen molar-refractivity contribution in [3.05, 3.63) is 45.6 Å². The summed E-state index contributed by atoms with van der Waals surface area (Å²) in [5.41, 5.74) is 11.4. The van der Waals surface area contributed by atoms with Crippen LogP contribution >= 0.6 is 0 Å². The van der Waals surface area contributed by atoms with Crippen LogP contribution in [-0.2, 0) is 17.1 Å². The molecule has 0 amide bonds. The molecule has 71 heavy (non-hydrogen) atoms. The minimum atomic E-state index is 0. The van der Waals surface area contributed by atoms with Gasteiger partial charge < -0.3 is 0 Å². The van der Waals surface area contributed by atoms with E-state index in [0.29, 0.717) is 0 Å². The van der Waals surface area contributed by atoms with Crippen molar-refractivity contribution in [2.45, 2.75) is 390 Å². The van der Waals surface area contributed by atoms with Crippen molar-refractivity contribution in [1.29, 1.82) is 0 Å². The molecule has 1 heteroatoms. The van der Waals surface area contributed by atoms with E-state index in [4.69, 9.17) is 0 Å². The molecular weight excluding hydrogens is 897 g/mol. The first-order valence-electron chi connectivity index (χ1n) is 33.1. The Morgan fingerprint density at radius 2 is 0.423 bits per heavy atom. The maximum Gasteiger partial charge on any atom is 2.00 e. The van der Waals surface area contributed by atoms with E-state index in [1.54, 1.807) is 11.1 Å². The molecule has 0 aromatic rings. The van der Waals surface area contributed by atoms with E-state index in [9.17, 15) is 0 Å². The Labute approximate surface area is 461 Å². The summed E-state index contributed by atoms with van der Waals surface area (Å²) in [6.45, 7) is 23.5. The van der Waals surface area contributed by atoms with Crippen LogP contribution in [-0.4, -0.2) is 0 Å². The van der Waals surface area contributed by atoms with Gasteiger partial charge in [-0.2, -0.15) is 22.3 Å². The topological polar surface area (TPSA) is 0 Å². The van der Waals surface area contributed by atoms with Crippen LogP contribution in [0.5, 0.6) is 0 Å². The average Bonchev–Trinajstić information content (AvgIpc) is 3.82. The van der Waals surface area contributed by atoms with Gasteiger partial charge in [-0.1, -0.05) is 388 Å². The molecule has 0 fully saturated rings.